The zero-order valence-corrected chi connectivity index (χ0v) is 4.34. The van der Waals surface area contributed by atoms with Crippen LogP contribution in [0.2, 0.25) is 0 Å². The Hall–Kier alpha value is -1.12. The SMILES string of the molecule is C=C/C=C(F)\C=N/N. The molecule has 0 saturated heterocycles. The first-order valence-electron chi connectivity index (χ1n) is 2.02. The van der Waals surface area contributed by atoms with Gasteiger partial charge in [-0.05, 0) is 6.08 Å². The molecule has 0 heterocycles. The summed E-state index contributed by atoms with van der Waals surface area (Å²) in [5, 5.41) is 2.94. The number of rotatable bonds is 2. The van der Waals surface area contributed by atoms with Gasteiger partial charge in [0, 0.05) is 0 Å². The van der Waals surface area contributed by atoms with Crippen molar-refractivity contribution >= 4 is 6.21 Å². The third kappa shape index (κ3) is 3.08. The maximum Gasteiger partial charge on any atom is 0.143 e. The van der Waals surface area contributed by atoms with Crippen molar-refractivity contribution in [2.75, 3.05) is 0 Å². The van der Waals surface area contributed by atoms with Gasteiger partial charge in [-0.2, -0.15) is 5.10 Å². The second-order valence-electron chi connectivity index (χ2n) is 1.07. The maximum atomic E-state index is 12.0. The molecule has 0 amide bonds. The zero-order chi connectivity index (χ0) is 6.41. The van der Waals surface area contributed by atoms with E-state index in [9.17, 15) is 4.39 Å². The summed E-state index contributed by atoms with van der Waals surface area (Å²) in [7, 11) is 0. The summed E-state index contributed by atoms with van der Waals surface area (Å²) in [6.45, 7) is 3.26. The predicted octanol–water partition coefficient (Wildman–Crippen LogP) is 0.970. The van der Waals surface area contributed by atoms with Gasteiger partial charge in [0.25, 0.3) is 0 Å². The number of allylic oxidation sites excluding steroid dienone is 3. The fourth-order valence-corrected chi connectivity index (χ4v) is 0.227. The minimum absolute atomic E-state index is 0.498. The number of hydrogen-bond donors (Lipinski definition) is 1. The molecule has 44 valence electrons. The van der Waals surface area contributed by atoms with Crippen LogP contribution in [0.3, 0.4) is 0 Å². The third-order valence-electron chi connectivity index (χ3n) is 0.475. The van der Waals surface area contributed by atoms with Crippen LogP contribution in [-0.2, 0) is 0 Å². The van der Waals surface area contributed by atoms with Crippen LogP contribution in [0.4, 0.5) is 4.39 Å². The quantitative estimate of drug-likeness (QED) is 0.247. The van der Waals surface area contributed by atoms with Gasteiger partial charge in [0.05, 0.1) is 6.21 Å². The molecule has 0 aromatic carbocycles. The third-order valence-corrected chi connectivity index (χ3v) is 0.475. The first-order valence-corrected chi connectivity index (χ1v) is 2.02. The van der Waals surface area contributed by atoms with Gasteiger partial charge in [-0.3, -0.25) is 0 Å². The van der Waals surface area contributed by atoms with Crippen LogP contribution in [0.5, 0.6) is 0 Å². The van der Waals surface area contributed by atoms with Crippen molar-refractivity contribution in [3.05, 3.63) is 24.6 Å². The highest BCUT2D eigenvalue weighted by Gasteiger charge is 1.79. The van der Waals surface area contributed by atoms with Crippen molar-refractivity contribution in [3.8, 4) is 0 Å². The molecule has 0 aromatic rings. The Labute approximate surface area is 47.2 Å². The minimum Gasteiger partial charge on any atom is -0.323 e. The van der Waals surface area contributed by atoms with Crippen molar-refractivity contribution in [1.29, 1.82) is 0 Å². The number of nitrogens with zero attached hydrogens (tertiary/aromatic N) is 1. The zero-order valence-electron chi connectivity index (χ0n) is 4.34. The van der Waals surface area contributed by atoms with Crippen LogP contribution < -0.4 is 5.84 Å². The van der Waals surface area contributed by atoms with E-state index in [0.717, 1.165) is 12.3 Å². The Bertz CT molecular complexity index is 126. The Morgan fingerprint density at radius 3 is 2.75 bits per heavy atom. The average molecular weight is 114 g/mol. The van der Waals surface area contributed by atoms with E-state index in [1.807, 2.05) is 0 Å². The monoisotopic (exact) mass is 114 g/mol. The molecule has 0 aliphatic rings. The average Bonchev–Trinajstić information content (AvgIpc) is 1.68. The summed E-state index contributed by atoms with van der Waals surface area (Å²) >= 11 is 0. The van der Waals surface area contributed by atoms with Crippen molar-refractivity contribution in [2.24, 2.45) is 10.9 Å². The van der Waals surface area contributed by atoms with E-state index in [1.54, 1.807) is 0 Å². The fraction of sp³-hybridized carbons (Fsp3) is 0. The van der Waals surface area contributed by atoms with E-state index < -0.39 is 5.83 Å². The molecule has 0 fully saturated rings. The molecule has 0 saturated carbocycles. The van der Waals surface area contributed by atoms with Crippen molar-refractivity contribution < 1.29 is 4.39 Å². The maximum absolute atomic E-state index is 12.0. The summed E-state index contributed by atoms with van der Waals surface area (Å²) in [4.78, 5) is 0. The van der Waals surface area contributed by atoms with Crippen molar-refractivity contribution in [3.63, 3.8) is 0 Å². The molecule has 0 radical (unpaired) electrons. The van der Waals surface area contributed by atoms with E-state index in [-0.39, 0.29) is 0 Å². The van der Waals surface area contributed by atoms with Gasteiger partial charge >= 0.3 is 0 Å². The molecule has 0 unspecified atom stereocenters. The lowest BCUT2D eigenvalue weighted by atomic mass is 10.5. The molecule has 3 heteroatoms. The van der Waals surface area contributed by atoms with Gasteiger partial charge in [-0.15, -0.1) is 0 Å². The standard InChI is InChI=1S/C5H7FN2/c1-2-3-5(6)4-8-7/h2-4H,1,7H2/b5-3+,8-4-. The lowest BCUT2D eigenvalue weighted by Gasteiger charge is -1.76. The van der Waals surface area contributed by atoms with E-state index in [2.05, 4.69) is 17.5 Å². The molecule has 2 N–H and O–H groups in total. The molecule has 8 heavy (non-hydrogen) atoms. The van der Waals surface area contributed by atoms with Crippen LogP contribution in [-0.4, -0.2) is 6.21 Å². The smallest absolute Gasteiger partial charge is 0.143 e. The van der Waals surface area contributed by atoms with Crippen molar-refractivity contribution in [1.82, 2.24) is 0 Å². The van der Waals surface area contributed by atoms with Crippen LogP contribution in [0.15, 0.2) is 29.7 Å². The van der Waals surface area contributed by atoms with Gasteiger partial charge in [0.15, 0.2) is 0 Å². The first-order chi connectivity index (χ1) is 3.81. The fourth-order valence-electron chi connectivity index (χ4n) is 0.227. The lowest BCUT2D eigenvalue weighted by molar-refractivity contribution is 0.686. The Balaban J connectivity index is 3.79. The second-order valence-corrected chi connectivity index (χ2v) is 1.07. The number of nitrogens with two attached hydrogens (primary N) is 1. The molecule has 0 bridgehead atoms. The Kier molecular flexibility index (Phi) is 3.48. The normalized spacial score (nSPS) is 12.4. The highest BCUT2D eigenvalue weighted by Crippen LogP contribution is 1.89. The molecule has 0 aliphatic heterocycles. The molecule has 2 nitrogen and oxygen atoms in total. The molecule has 0 aromatic heterocycles. The molecular weight excluding hydrogens is 107 g/mol. The predicted molar refractivity (Wildman–Crippen MR) is 32.1 cm³/mol. The largest absolute Gasteiger partial charge is 0.323 e. The summed E-state index contributed by atoms with van der Waals surface area (Å²) in [5.41, 5.74) is 0. The molecule has 0 spiro atoms. The van der Waals surface area contributed by atoms with E-state index in [1.165, 1.54) is 6.08 Å². The topological polar surface area (TPSA) is 38.4 Å². The number of hydrogen-bond acceptors (Lipinski definition) is 2. The molecule has 0 aliphatic carbocycles. The van der Waals surface area contributed by atoms with Crippen LogP contribution in [0.25, 0.3) is 0 Å². The Morgan fingerprint density at radius 1 is 1.75 bits per heavy atom. The first kappa shape index (κ1) is 6.88. The summed E-state index contributed by atoms with van der Waals surface area (Å²) in [6, 6.07) is 0. The Morgan fingerprint density at radius 2 is 2.38 bits per heavy atom. The van der Waals surface area contributed by atoms with Gasteiger partial charge in [-0.25, -0.2) is 4.39 Å². The molecule has 0 rings (SSSR count). The van der Waals surface area contributed by atoms with E-state index in [4.69, 9.17) is 0 Å². The second kappa shape index (κ2) is 4.05. The highest BCUT2D eigenvalue weighted by molar-refractivity contribution is 5.75. The van der Waals surface area contributed by atoms with E-state index in [0.29, 0.717) is 0 Å². The summed E-state index contributed by atoms with van der Waals surface area (Å²) in [5.74, 6) is 4.12. The van der Waals surface area contributed by atoms with Gasteiger partial charge in [0.2, 0.25) is 0 Å². The van der Waals surface area contributed by atoms with Gasteiger partial charge in [0.1, 0.15) is 5.83 Å². The molecule has 0 atom stereocenters. The number of hydrazone groups is 1. The van der Waals surface area contributed by atoms with Crippen molar-refractivity contribution in [2.45, 2.75) is 0 Å². The van der Waals surface area contributed by atoms with Crippen LogP contribution in [0, 0.1) is 0 Å². The van der Waals surface area contributed by atoms with Crippen LogP contribution in [0.1, 0.15) is 0 Å². The van der Waals surface area contributed by atoms with Gasteiger partial charge < -0.3 is 5.84 Å². The van der Waals surface area contributed by atoms with Crippen LogP contribution >= 0.6 is 0 Å². The summed E-state index contributed by atoms with van der Waals surface area (Å²) in [6.07, 6.45) is 3.38. The highest BCUT2D eigenvalue weighted by atomic mass is 19.1. The van der Waals surface area contributed by atoms with E-state index >= 15 is 0 Å². The van der Waals surface area contributed by atoms with Gasteiger partial charge in [-0.1, -0.05) is 12.7 Å². The lowest BCUT2D eigenvalue weighted by Crippen LogP contribution is -1.81. The molecular formula is C5H7FN2. The number of halogens is 1. The summed E-state index contributed by atoms with van der Waals surface area (Å²) < 4.78 is 12.0. The minimum atomic E-state index is -0.498.